The third-order valence-corrected chi connectivity index (χ3v) is 3.66. The normalized spacial score (nSPS) is 27.9. The summed E-state index contributed by atoms with van der Waals surface area (Å²) in [7, 11) is 0. The molecule has 0 aromatic carbocycles. The molecule has 4 heteroatoms. The third-order valence-electron chi connectivity index (χ3n) is 3.66. The van der Waals surface area contributed by atoms with Gasteiger partial charge < -0.3 is 14.6 Å². The summed E-state index contributed by atoms with van der Waals surface area (Å²) in [6, 6.07) is 0. The van der Waals surface area contributed by atoms with Crippen LogP contribution in [0.25, 0.3) is 0 Å². The highest BCUT2D eigenvalue weighted by Crippen LogP contribution is 2.46. The molecule has 3 rings (SSSR count). The lowest BCUT2D eigenvalue weighted by molar-refractivity contribution is 0.0223. The van der Waals surface area contributed by atoms with Crippen molar-refractivity contribution >= 4 is 0 Å². The Hall–Kier alpha value is -0.870. The molecule has 2 fully saturated rings. The van der Waals surface area contributed by atoms with Crippen molar-refractivity contribution in [3.05, 3.63) is 18.2 Å². The zero-order chi connectivity index (χ0) is 11.0. The molecule has 1 saturated heterocycles. The van der Waals surface area contributed by atoms with Gasteiger partial charge >= 0.3 is 0 Å². The Morgan fingerprint density at radius 3 is 3.19 bits per heavy atom. The standard InChI is InChI=1S/C12H19N3O/c1-12(2-3-12)8-15-9-14-6-10(15)11-7-13-4-5-16-11/h6,9,11,13H,2-5,7-8H2,1H3. The molecule has 1 aromatic rings. The van der Waals surface area contributed by atoms with E-state index < -0.39 is 0 Å². The van der Waals surface area contributed by atoms with Gasteiger partial charge in [-0.05, 0) is 18.3 Å². The summed E-state index contributed by atoms with van der Waals surface area (Å²) in [5.74, 6) is 0. The van der Waals surface area contributed by atoms with Gasteiger partial charge in [-0.25, -0.2) is 4.98 Å². The Balaban J connectivity index is 1.75. The molecule has 1 aliphatic heterocycles. The number of nitrogens with one attached hydrogen (secondary N) is 1. The van der Waals surface area contributed by atoms with Gasteiger partial charge in [0.2, 0.25) is 0 Å². The Labute approximate surface area is 96.0 Å². The van der Waals surface area contributed by atoms with Crippen molar-refractivity contribution in [3.8, 4) is 0 Å². The van der Waals surface area contributed by atoms with E-state index in [1.165, 1.54) is 18.5 Å². The summed E-state index contributed by atoms with van der Waals surface area (Å²) in [5.41, 5.74) is 1.73. The molecule has 2 heterocycles. The van der Waals surface area contributed by atoms with Crippen molar-refractivity contribution in [1.29, 1.82) is 0 Å². The monoisotopic (exact) mass is 221 g/mol. The highest BCUT2D eigenvalue weighted by Gasteiger charge is 2.38. The van der Waals surface area contributed by atoms with Gasteiger partial charge in [0.1, 0.15) is 6.10 Å². The van der Waals surface area contributed by atoms with E-state index in [2.05, 4.69) is 21.8 Å². The average molecular weight is 221 g/mol. The van der Waals surface area contributed by atoms with Crippen LogP contribution in [0.1, 0.15) is 31.6 Å². The van der Waals surface area contributed by atoms with Crippen molar-refractivity contribution in [3.63, 3.8) is 0 Å². The van der Waals surface area contributed by atoms with Gasteiger partial charge in [-0.3, -0.25) is 0 Å². The smallest absolute Gasteiger partial charge is 0.111 e. The van der Waals surface area contributed by atoms with E-state index in [1.54, 1.807) is 0 Å². The molecule has 1 aromatic heterocycles. The minimum Gasteiger partial charge on any atom is -0.369 e. The number of ether oxygens (including phenoxy) is 1. The summed E-state index contributed by atoms with van der Waals surface area (Å²) < 4.78 is 8.04. The Kier molecular flexibility index (Phi) is 2.48. The summed E-state index contributed by atoms with van der Waals surface area (Å²) in [6.07, 6.45) is 6.75. The molecular formula is C12H19N3O. The van der Waals surface area contributed by atoms with Crippen LogP contribution in [0.15, 0.2) is 12.5 Å². The molecule has 1 atom stereocenters. The highest BCUT2D eigenvalue weighted by atomic mass is 16.5. The quantitative estimate of drug-likeness (QED) is 0.837. The van der Waals surface area contributed by atoms with Crippen LogP contribution < -0.4 is 5.32 Å². The number of morpholine rings is 1. The zero-order valence-electron chi connectivity index (χ0n) is 9.78. The minimum atomic E-state index is 0.179. The first-order valence-corrected chi connectivity index (χ1v) is 6.09. The second-order valence-electron chi connectivity index (χ2n) is 5.32. The SMILES string of the molecule is CC1(Cn2cncc2C2CNCCO2)CC1. The van der Waals surface area contributed by atoms with Crippen molar-refractivity contribution in [2.24, 2.45) is 5.41 Å². The third kappa shape index (κ3) is 1.99. The summed E-state index contributed by atoms with van der Waals surface area (Å²) in [4.78, 5) is 4.26. The van der Waals surface area contributed by atoms with Gasteiger partial charge in [-0.2, -0.15) is 0 Å². The van der Waals surface area contributed by atoms with Gasteiger partial charge in [0.05, 0.1) is 24.8 Å². The van der Waals surface area contributed by atoms with Crippen LogP contribution in [0.4, 0.5) is 0 Å². The number of hydrogen-bond acceptors (Lipinski definition) is 3. The van der Waals surface area contributed by atoms with Crippen LogP contribution in [0, 0.1) is 5.41 Å². The topological polar surface area (TPSA) is 39.1 Å². The fourth-order valence-corrected chi connectivity index (χ4v) is 2.27. The van der Waals surface area contributed by atoms with Crippen LogP contribution in [0.3, 0.4) is 0 Å². The van der Waals surface area contributed by atoms with E-state index in [9.17, 15) is 0 Å². The number of hydrogen-bond donors (Lipinski definition) is 1. The van der Waals surface area contributed by atoms with E-state index in [0.29, 0.717) is 5.41 Å². The summed E-state index contributed by atoms with van der Waals surface area (Å²) in [6.45, 7) is 6.09. The minimum absolute atomic E-state index is 0.179. The first-order chi connectivity index (χ1) is 7.77. The van der Waals surface area contributed by atoms with E-state index in [4.69, 9.17) is 4.74 Å². The second-order valence-corrected chi connectivity index (χ2v) is 5.32. The maximum atomic E-state index is 5.77. The van der Waals surface area contributed by atoms with E-state index >= 15 is 0 Å². The molecule has 1 aliphatic carbocycles. The first-order valence-electron chi connectivity index (χ1n) is 6.09. The van der Waals surface area contributed by atoms with Crippen LogP contribution >= 0.6 is 0 Å². The van der Waals surface area contributed by atoms with Gasteiger partial charge in [0.15, 0.2) is 0 Å². The fraction of sp³-hybridized carbons (Fsp3) is 0.750. The number of aromatic nitrogens is 2. The van der Waals surface area contributed by atoms with Crippen LogP contribution in [0.2, 0.25) is 0 Å². The van der Waals surface area contributed by atoms with Crippen LogP contribution in [-0.2, 0) is 11.3 Å². The van der Waals surface area contributed by atoms with E-state index in [1.807, 2.05) is 12.5 Å². The molecule has 1 N–H and O–H groups in total. The molecule has 0 bridgehead atoms. The van der Waals surface area contributed by atoms with Crippen molar-refractivity contribution < 1.29 is 4.74 Å². The molecule has 0 radical (unpaired) electrons. The largest absolute Gasteiger partial charge is 0.369 e. The molecule has 88 valence electrons. The zero-order valence-corrected chi connectivity index (χ0v) is 9.78. The van der Waals surface area contributed by atoms with Crippen molar-refractivity contribution in [2.45, 2.75) is 32.4 Å². The molecule has 0 amide bonds. The predicted octanol–water partition coefficient (Wildman–Crippen LogP) is 1.34. The summed E-state index contributed by atoms with van der Waals surface area (Å²) >= 11 is 0. The lowest BCUT2D eigenvalue weighted by Crippen LogP contribution is -2.34. The van der Waals surface area contributed by atoms with E-state index in [0.717, 1.165) is 26.2 Å². The molecule has 1 saturated carbocycles. The van der Waals surface area contributed by atoms with Crippen molar-refractivity contribution in [2.75, 3.05) is 19.7 Å². The van der Waals surface area contributed by atoms with Gasteiger partial charge in [0, 0.05) is 19.6 Å². The maximum absolute atomic E-state index is 5.77. The average Bonchev–Trinajstić information content (AvgIpc) is 2.86. The van der Waals surface area contributed by atoms with E-state index in [-0.39, 0.29) is 6.10 Å². The number of rotatable bonds is 3. The first kappa shape index (κ1) is 10.3. The number of nitrogens with zero attached hydrogens (tertiary/aromatic N) is 2. The second kappa shape index (κ2) is 3.86. The van der Waals surface area contributed by atoms with Crippen LogP contribution in [0.5, 0.6) is 0 Å². The lowest BCUT2D eigenvalue weighted by atomic mass is 10.1. The number of imidazole rings is 1. The highest BCUT2D eigenvalue weighted by molar-refractivity contribution is 5.06. The van der Waals surface area contributed by atoms with Gasteiger partial charge in [-0.1, -0.05) is 6.92 Å². The Bertz CT molecular complexity index is 364. The predicted molar refractivity (Wildman–Crippen MR) is 61.1 cm³/mol. The Morgan fingerprint density at radius 2 is 2.50 bits per heavy atom. The van der Waals surface area contributed by atoms with Crippen molar-refractivity contribution in [1.82, 2.24) is 14.9 Å². The molecule has 4 nitrogen and oxygen atoms in total. The van der Waals surface area contributed by atoms with Gasteiger partial charge in [-0.15, -0.1) is 0 Å². The molecule has 2 aliphatic rings. The lowest BCUT2D eigenvalue weighted by Gasteiger charge is -2.25. The fourth-order valence-electron chi connectivity index (χ4n) is 2.27. The molecule has 16 heavy (non-hydrogen) atoms. The summed E-state index contributed by atoms with van der Waals surface area (Å²) in [5, 5.41) is 3.36. The maximum Gasteiger partial charge on any atom is 0.111 e. The van der Waals surface area contributed by atoms with Gasteiger partial charge in [0.25, 0.3) is 0 Å². The molecular weight excluding hydrogens is 202 g/mol. The van der Waals surface area contributed by atoms with Crippen LogP contribution in [-0.4, -0.2) is 29.2 Å². The molecule has 1 unspecified atom stereocenters. The molecule has 0 spiro atoms. The Morgan fingerprint density at radius 1 is 1.62 bits per heavy atom.